The number of rotatable bonds is 4. The van der Waals surface area contributed by atoms with Gasteiger partial charge in [-0.15, -0.1) is 0 Å². The Balaban J connectivity index is 1.76. The van der Waals surface area contributed by atoms with E-state index in [9.17, 15) is 0 Å². The summed E-state index contributed by atoms with van der Waals surface area (Å²) in [5.41, 5.74) is 1.89. The lowest BCUT2D eigenvalue weighted by Gasteiger charge is -2.38. The van der Waals surface area contributed by atoms with E-state index >= 15 is 0 Å². The van der Waals surface area contributed by atoms with Crippen molar-refractivity contribution in [3.63, 3.8) is 0 Å². The fourth-order valence-electron chi connectivity index (χ4n) is 2.34. The fraction of sp³-hybridized carbons (Fsp3) is 0.467. The van der Waals surface area contributed by atoms with Crippen LogP contribution in [0.2, 0.25) is 0 Å². The minimum absolute atomic E-state index is 0.0773. The Morgan fingerprint density at radius 1 is 1.35 bits per heavy atom. The summed E-state index contributed by atoms with van der Waals surface area (Å²) >= 11 is 0. The maximum atomic E-state index is 8.94. The predicted octanol–water partition coefficient (Wildman–Crippen LogP) is 2.31. The lowest BCUT2D eigenvalue weighted by molar-refractivity contribution is -0.0592. The molecular formula is C15H16N2O3. The summed E-state index contributed by atoms with van der Waals surface area (Å²) < 4.78 is 15.9. The second kappa shape index (κ2) is 5.14. The number of benzene rings is 1. The number of hydrogen-bond donors (Lipinski definition) is 0. The largest absolute Gasteiger partial charge is 0.454 e. The van der Waals surface area contributed by atoms with E-state index in [0.29, 0.717) is 26.2 Å². The van der Waals surface area contributed by atoms with Crippen molar-refractivity contribution >= 4 is 5.71 Å². The molecule has 2 aliphatic heterocycles. The molecule has 0 atom stereocenters. The zero-order valence-electron chi connectivity index (χ0n) is 11.4. The molecule has 5 nitrogen and oxygen atoms in total. The van der Waals surface area contributed by atoms with E-state index in [0.717, 1.165) is 22.8 Å². The van der Waals surface area contributed by atoms with E-state index in [2.05, 4.69) is 18.0 Å². The van der Waals surface area contributed by atoms with Gasteiger partial charge in [-0.2, -0.15) is 5.26 Å². The van der Waals surface area contributed by atoms with Gasteiger partial charge in [0.05, 0.1) is 37.7 Å². The molecule has 0 saturated carbocycles. The number of nitriles is 1. The van der Waals surface area contributed by atoms with Crippen LogP contribution in [0, 0.1) is 16.7 Å². The summed E-state index contributed by atoms with van der Waals surface area (Å²) in [6.07, 6.45) is 0.352. The summed E-state index contributed by atoms with van der Waals surface area (Å²) in [4.78, 5) is 4.62. The molecule has 20 heavy (non-hydrogen) atoms. The van der Waals surface area contributed by atoms with Gasteiger partial charge in [0.2, 0.25) is 6.79 Å². The maximum Gasteiger partial charge on any atom is 0.231 e. The normalized spacial score (nSPS) is 19.3. The Bertz CT molecular complexity index is 585. The summed E-state index contributed by atoms with van der Waals surface area (Å²) in [5.74, 6) is 1.53. The van der Waals surface area contributed by atoms with Crippen molar-refractivity contribution in [3.8, 4) is 17.6 Å². The molecule has 0 unspecified atom stereocenters. The number of ether oxygens (including phenoxy) is 3. The van der Waals surface area contributed by atoms with Gasteiger partial charge >= 0.3 is 0 Å². The van der Waals surface area contributed by atoms with Crippen molar-refractivity contribution in [2.75, 3.05) is 20.0 Å². The molecule has 0 bridgehead atoms. The third kappa shape index (κ3) is 2.35. The van der Waals surface area contributed by atoms with Crippen LogP contribution >= 0.6 is 0 Å². The first-order valence-electron chi connectivity index (χ1n) is 6.58. The molecule has 0 N–H and O–H groups in total. The molecule has 2 aliphatic rings. The molecular weight excluding hydrogens is 256 g/mol. The SMILES string of the molecule is CC1(/C(CC#N)=N\Cc2ccc3c(c2)OCO3)COC1. The van der Waals surface area contributed by atoms with Gasteiger partial charge in [0.25, 0.3) is 0 Å². The number of fused-ring (bicyclic) bond motifs is 1. The Kier molecular flexibility index (Phi) is 3.33. The van der Waals surface area contributed by atoms with Gasteiger partial charge in [0.1, 0.15) is 0 Å². The third-order valence-electron chi connectivity index (χ3n) is 3.67. The lowest BCUT2D eigenvalue weighted by Crippen LogP contribution is -2.46. The standard InChI is InChI=1S/C15H16N2O3/c1-15(8-18-9-15)14(4-5-16)17-7-11-2-3-12-13(6-11)20-10-19-12/h2-3,6H,4,7-10H2,1H3/b17-14-. The molecule has 1 fully saturated rings. The quantitative estimate of drug-likeness (QED) is 0.789. The lowest BCUT2D eigenvalue weighted by atomic mass is 9.81. The molecule has 5 heteroatoms. The minimum atomic E-state index is -0.0773. The highest BCUT2D eigenvalue weighted by atomic mass is 16.7. The van der Waals surface area contributed by atoms with Crippen LogP contribution in [0.25, 0.3) is 0 Å². The van der Waals surface area contributed by atoms with Crippen LogP contribution in [0.4, 0.5) is 0 Å². The molecule has 104 valence electrons. The second-order valence-electron chi connectivity index (χ2n) is 5.34. The Labute approximate surface area is 117 Å². The number of nitrogens with zero attached hydrogens (tertiary/aromatic N) is 2. The monoisotopic (exact) mass is 272 g/mol. The van der Waals surface area contributed by atoms with Crippen LogP contribution in [0.5, 0.6) is 11.5 Å². The minimum Gasteiger partial charge on any atom is -0.454 e. The molecule has 0 aliphatic carbocycles. The van der Waals surface area contributed by atoms with Crippen LogP contribution < -0.4 is 9.47 Å². The van der Waals surface area contributed by atoms with Crippen molar-refractivity contribution in [2.45, 2.75) is 19.9 Å². The summed E-state index contributed by atoms with van der Waals surface area (Å²) in [7, 11) is 0. The summed E-state index contributed by atoms with van der Waals surface area (Å²) in [5, 5.41) is 8.94. The molecule has 3 rings (SSSR count). The molecule has 0 radical (unpaired) electrons. The van der Waals surface area contributed by atoms with Gasteiger partial charge in [-0.25, -0.2) is 0 Å². The molecule has 0 spiro atoms. The average molecular weight is 272 g/mol. The molecule has 2 heterocycles. The first kappa shape index (κ1) is 12.9. The molecule has 0 amide bonds. The Morgan fingerprint density at radius 3 is 2.85 bits per heavy atom. The molecule has 1 saturated heterocycles. The van der Waals surface area contributed by atoms with Crippen molar-refractivity contribution in [3.05, 3.63) is 23.8 Å². The van der Waals surface area contributed by atoms with E-state index in [1.165, 1.54) is 0 Å². The summed E-state index contributed by atoms with van der Waals surface area (Å²) in [6, 6.07) is 8.00. The third-order valence-corrected chi connectivity index (χ3v) is 3.67. The first-order chi connectivity index (χ1) is 9.71. The van der Waals surface area contributed by atoms with E-state index in [4.69, 9.17) is 19.5 Å². The zero-order valence-corrected chi connectivity index (χ0v) is 11.4. The highest BCUT2D eigenvalue weighted by Gasteiger charge is 2.38. The zero-order chi connectivity index (χ0) is 14.0. The topological polar surface area (TPSA) is 63.8 Å². The van der Waals surface area contributed by atoms with E-state index < -0.39 is 0 Å². The molecule has 1 aromatic carbocycles. The first-order valence-corrected chi connectivity index (χ1v) is 6.58. The van der Waals surface area contributed by atoms with Gasteiger partial charge in [-0.3, -0.25) is 4.99 Å². The van der Waals surface area contributed by atoms with Crippen molar-refractivity contribution < 1.29 is 14.2 Å². The molecule has 1 aromatic rings. The second-order valence-corrected chi connectivity index (χ2v) is 5.34. The van der Waals surface area contributed by atoms with Crippen LogP contribution in [-0.2, 0) is 11.3 Å². The van der Waals surface area contributed by atoms with Crippen LogP contribution in [0.15, 0.2) is 23.2 Å². The number of hydrogen-bond acceptors (Lipinski definition) is 5. The van der Waals surface area contributed by atoms with Gasteiger partial charge in [0, 0.05) is 5.71 Å². The smallest absolute Gasteiger partial charge is 0.231 e. The maximum absolute atomic E-state index is 8.94. The fourth-order valence-corrected chi connectivity index (χ4v) is 2.34. The number of aliphatic imine (C=N–C) groups is 1. The average Bonchev–Trinajstić information content (AvgIpc) is 2.88. The Hall–Kier alpha value is -2.06. The van der Waals surface area contributed by atoms with Gasteiger partial charge in [-0.1, -0.05) is 6.07 Å². The highest BCUT2D eigenvalue weighted by molar-refractivity contribution is 5.92. The van der Waals surface area contributed by atoms with E-state index in [-0.39, 0.29) is 12.2 Å². The van der Waals surface area contributed by atoms with Crippen molar-refractivity contribution in [1.29, 1.82) is 5.26 Å². The van der Waals surface area contributed by atoms with Gasteiger partial charge in [0.15, 0.2) is 11.5 Å². The van der Waals surface area contributed by atoms with Crippen LogP contribution in [-0.4, -0.2) is 25.7 Å². The summed E-state index contributed by atoms with van der Waals surface area (Å²) in [6.45, 7) is 4.20. The van der Waals surface area contributed by atoms with Crippen molar-refractivity contribution in [2.24, 2.45) is 10.4 Å². The van der Waals surface area contributed by atoms with Gasteiger partial charge in [-0.05, 0) is 24.6 Å². The van der Waals surface area contributed by atoms with Crippen molar-refractivity contribution in [1.82, 2.24) is 0 Å². The predicted molar refractivity (Wildman–Crippen MR) is 72.9 cm³/mol. The van der Waals surface area contributed by atoms with E-state index in [1.54, 1.807) is 0 Å². The van der Waals surface area contributed by atoms with Crippen LogP contribution in [0.3, 0.4) is 0 Å². The van der Waals surface area contributed by atoms with E-state index in [1.807, 2.05) is 18.2 Å². The molecule has 0 aromatic heterocycles. The Morgan fingerprint density at radius 2 is 2.15 bits per heavy atom. The van der Waals surface area contributed by atoms with Gasteiger partial charge < -0.3 is 14.2 Å². The highest BCUT2D eigenvalue weighted by Crippen LogP contribution is 2.33. The van der Waals surface area contributed by atoms with Crippen LogP contribution in [0.1, 0.15) is 18.9 Å².